The molecular weight excluding hydrogens is 441 g/mol. The molecule has 0 aliphatic heterocycles. The lowest BCUT2D eigenvalue weighted by Gasteiger charge is -2.10. The van der Waals surface area contributed by atoms with Crippen molar-refractivity contribution < 1.29 is 0 Å². The van der Waals surface area contributed by atoms with Crippen molar-refractivity contribution >= 4 is 52.6 Å². The number of aromatic nitrogens is 2. The van der Waals surface area contributed by atoms with Crippen LogP contribution in [0.5, 0.6) is 0 Å². The summed E-state index contributed by atoms with van der Waals surface area (Å²) < 4.78 is 0. The number of thiazole rings is 2. The Hall–Kier alpha value is -0.740. The van der Waals surface area contributed by atoms with E-state index in [-0.39, 0.29) is 24.0 Å². The minimum Gasteiger partial charge on any atom is -0.356 e. The quantitative estimate of drug-likeness (QED) is 0.389. The predicted octanol–water partition coefficient (Wildman–Crippen LogP) is 3.56. The summed E-state index contributed by atoms with van der Waals surface area (Å²) in [4.78, 5) is 13.3. The second kappa shape index (κ2) is 10.2. The molecule has 128 valence electrons. The zero-order chi connectivity index (χ0) is 15.9. The van der Waals surface area contributed by atoms with Gasteiger partial charge in [-0.15, -0.1) is 46.7 Å². The molecule has 0 saturated heterocycles. The molecule has 2 rings (SSSR count). The van der Waals surface area contributed by atoms with E-state index in [4.69, 9.17) is 0 Å². The predicted molar refractivity (Wildman–Crippen MR) is 110 cm³/mol. The molecule has 0 amide bonds. The van der Waals surface area contributed by atoms with Gasteiger partial charge in [0.1, 0.15) is 0 Å². The molecule has 2 aromatic rings. The first-order chi connectivity index (χ1) is 10.6. The lowest BCUT2D eigenvalue weighted by molar-refractivity contribution is 0.770. The lowest BCUT2D eigenvalue weighted by atomic mass is 10.2. The first-order valence-corrected chi connectivity index (χ1v) is 9.14. The Labute approximate surface area is 163 Å². The van der Waals surface area contributed by atoms with Crippen LogP contribution in [0.1, 0.15) is 41.2 Å². The van der Waals surface area contributed by atoms with Gasteiger partial charge in [-0.1, -0.05) is 13.8 Å². The van der Waals surface area contributed by atoms with Gasteiger partial charge in [0.25, 0.3) is 0 Å². The van der Waals surface area contributed by atoms with E-state index in [9.17, 15) is 0 Å². The van der Waals surface area contributed by atoms with Gasteiger partial charge in [-0.25, -0.2) is 9.97 Å². The zero-order valence-electron chi connectivity index (χ0n) is 13.9. The number of guanidine groups is 1. The van der Waals surface area contributed by atoms with Crippen LogP contribution in [0.2, 0.25) is 0 Å². The van der Waals surface area contributed by atoms with E-state index in [1.54, 1.807) is 29.7 Å². The molecule has 0 aliphatic rings. The molecule has 2 N–H and O–H groups in total. The van der Waals surface area contributed by atoms with Gasteiger partial charge in [-0.3, -0.25) is 4.99 Å². The van der Waals surface area contributed by atoms with Gasteiger partial charge in [0.2, 0.25) is 0 Å². The van der Waals surface area contributed by atoms with Crippen molar-refractivity contribution in [3.05, 3.63) is 32.2 Å². The van der Waals surface area contributed by atoms with Crippen molar-refractivity contribution in [2.75, 3.05) is 13.6 Å². The fourth-order valence-corrected chi connectivity index (χ4v) is 3.38. The Balaban J connectivity index is 0.00000264. The van der Waals surface area contributed by atoms with Crippen molar-refractivity contribution in [3.8, 4) is 0 Å². The first kappa shape index (κ1) is 20.3. The maximum Gasteiger partial charge on any atom is 0.191 e. The second-order valence-corrected chi connectivity index (χ2v) is 7.24. The van der Waals surface area contributed by atoms with E-state index in [0.29, 0.717) is 12.5 Å². The van der Waals surface area contributed by atoms with Gasteiger partial charge in [0.15, 0.2) is 5.96 Å². The summed E-state index contributed by atoms with van der Waals surface area (Å²) in [6, 6.07) is 0. The number of halogens is 1. The molecule has 2 aromatic heterocycles. The van der Waals surface area contributed by atoms with Crippen LogP contribution < -0.4 is 10.6 Å². The highest BCUT2D eigenvalue weighted by molar-refractivity contribution is 14.0. The average Bonchev–Trinajstić information content (AvgIpc) is 3.11. The maximum atomic E-state index is 4.61. The van der Waals surface area contributed by atoms with Gasteiger partial charge in [0, 0.05) is 36.7 Å². The van der Waals surface area contributed by atoms with Crippen molar-refractivity contribution in [2.45, 2.75) is 39.7 Å². The standard InChI is InChI=1S/C15H23N5S2.HI/c1-10(2)14-20-13(9-22-14)7-18-15(16-4)17-6-5-12-8-21-11(3)19-12;/h8-10H,5-7H2,1-4H3,(H2,16,17,18);1H. The highest BCUT2D eigenvalue weighted by Crippen LogP contribution is 2.18. The van der Waals surface area contributed by atoms with Crippen molar-refractivity contribution in [2.24, 2.45) is 4.99 Å². The molecule has 8 heteroatoms. The largest absolute Gasteiger partial charge is 0.356 e. The molecule has 0 unspecified atom stereocenters. The Bertz CT molecular complexity index is 621. The molecule has 0 radical (unpaired) electrons. The summed E-state index contributed by atoms with van der Waals surface area (Å²) >= 11 is 3.41. The smallest absolute Gasteiger partial charge is 0.191 e. The highest BCUT2D eigenvalue weighted by Gasteiger charge is 2.06. The summed E-state index contributed by atoms with van der Waals surface area (Å²) in [5, 5.41) is 13.1. The number of hydrogen-bond donors (Lipinski definition) is 2. The fraction of sp³-hybridized carbons (Fsp3) is 0.533. The van der Waals surface area contributed by atoms with Gasteiger partial charge < -0.3 is 10.6 Å². The third kappa shape index (κ3) is 6.72. The molecule has 0 fully saturated rings. The SMILES string of the molecule is CN=C(NCCc1csc(C)n1)NCc1csc(C(C)C)n1.I. The van der Waals surface area contributed by atoms with Crippen LogP contribution in [-0.2, 0) is 13.0 Å². The van der Waals surface area contributed by atoms with E-state index < -0.39 is 0 Å². The number of hydrogen-bond acceptors (Lipinski definition) is 5. The molecule has 0 spiro atoms. The average molecular weight is 465 g/mol. The van der Waals surface area contributed by atoms with E-state index >= 15 is 0 Å². The number of rotatable bonds is 6. The number of nitrogens with zero attached hydrogens (tertiary/aromatic N) is 3. The minimum atomic E-state index is 0. The van der Waals surface area contributed by atoms with E-state index in [1.165, 1.54) is 5.01 Å². The van der Waals surface area contributed by atoms with Crippen molar-refractivity contribution in [1.82, 2.24) is 20.6 Å². The third-order valence-electron chi connectivity index (χ3n) is 3.06. The topological polar surface area (TPSA) is 62.2 Å². The van der Waals surface area contributed by atoms with Crippen LogP contribution in [0.3, 0.4) is 0 Å². The Kier molecular flexibility index (Phi) is 9.00. The first-order valence-electron chi connectivity index (χ1n) is 7.38. The summed E-state index contributed by atoms with van der Waals surface area (Å²) in [6.07, 6.45) is 0.902. The molecule has 0 aromatic carbocycles. The van der Waals surface area contributed by atoms with Gasteiger partial charge >= 0.3 is 0 Å². The van der Waals surface area contributed by atoms with Crippen LogP contribution in [-0.4, -0.2) is 29.5 Å². The number of aryl methyl sites for hydroxylation is 1. The molecule has 0 bridgehead atoms. The van der Waals surface area contributed by atoms with Crippen molar-refractivity contribution in [1.29, 1.82) is 0 Å². The summed E-state index contributed by atoms with van der Waals surface area (Å²) in [7, 11) is 1.78. The minimum absolute atomic E-state index is 0. The van der Waals surface area contributed by atoms with E-state index in [2.05, 4.69) is 50.2 Å². The molecule has 0 aliphatic carbocycles. The third-order valence-corrected chi connectivity index (χ3v) is 5.08. The van der Waals surface area contributed by atoms with E-state index in [0.717, 1.165) is 35.3 Å². The van der Waals surface area contributed by atoms with Gasteiger partial charge in [-0.2, -0.15) is 0 Å². The molecule has 2 heterocycles. The fourth-order valence-electron chi connectivity index (χ4n) is 1.90. The summed E-state index contributed by atoms with van der Waals surface area (Å²) in [5.41, 5.74) is 2.19. The molecular formula is C15H24IN5S2. The molecule has 0 saturated carbocycles. The van der Waals surface area contributed by atoms with Crippen molar-refractivity contribution in [3.63, 3.8) is 0 Å². The van der Waals surface area contributed by atoms with Gasteiger partial charge in [-0.05, 0) is 6.92 Å². The van der Waals surface area contributed by atoms with E-state index in [1.807, 2.05) is 6.92 Å². The number of aliphatic imine (C=N–C) groups is 1. The monoisotopic (exact) mass is 465 g/mol. The summed E-state index contributed by atoms with van der Waals surface area (Å²) in [6.45, 7) is 7.87. The Morgan fingerprint density at radius 3 is 2.48 bits per heavy atom. The normalized spacial score (nSPS) is 11.4. The van der Waals surface area contributed by atoms with Crippen LogP contribution in [0.25, 0.3) is 0 Å². The Morgan fingerprint density at radius 1 is 1.17 bits per heavy atom. The summed E-state index contributed by atoms with van der Waals surface area (Å²) in [5.74, 6) is 1.28. The zero-order valence-corrected chi connectivity index (χ0v) is 17.9. The lowest BCUT2D eigenvalue weighted by Crippen LogP contribution is -2.38. The van der Waals surface area contributed by atoms with Crippen LogP contribution >= 0.6 is 46.7 Å². The van der Waals surface area contributed by atoms with Crippen LogP contribution in [0, 0.1) is 6.92 Å². The van der Waals surface area contributed by atoms with Crippen LogP contribution in [0.15, 0.2) is 15.8 Å². The molecule has 23 heavy (non-hydrogen) atoms. The van der Waals surface area contributed by atoms with Gasteiger partial charge in [0.05, 0.1) is 27.9 Å². The molecule has 0 atom stereocenters. The second-order valence-electron chi connectivity index (χ2n) is 5.29. The molecule has 5 nitrogen and oxygen atoms in total. The van der Waals surface area contributed by atoms with Crippen LogP contribution in [0.4, 0.5) is 0 Å². The maximum absolute atomic E-state index is 4.61. The Morgan fingerprint density at radius 2 is 1.91 bits per heavy atom. The number of nitrogens with one attached hydrogen (secondary N) is 2. The highest BCUT2D eigenvalue weighted by atomic mass is 127.